The van der Waals surface area contributed by atoms with E-state index in [-0.39, 0.29) is 11.4 Å². The van der Waals surface area contributed by atoms with Crippen LogP contribution in [0.1, 0.15) is 27.8 Å². The van der Waals surface area contributed by atoms with Gasteiger partial charge in [-0.25, -0.2) is 14.1 Å². The van der Waals surface area contributed by atoms with Gasteiger partial charge in [0.2, 0.25) is 0 Å². The first-order valence-corrected chi connectivity index (χ1v) is 10.1. The fourth-order valence-electron chi connectivity index (χ4n) is 3.61. The summed E-state index contributed by atoms with van der Waals surface area (Å²) in [5.41, 5.74) is 4.42. The van der Waals surface area contributed by atoms with Crippen LogP contribution in [0.2, 0.25) is 0 Å². The molecule has 1 N–H and O–H groups in total. The minimum Gasteiger partial charge on any atom is -0.273 e. The molecule has 3 aromatic carbocycles. The zero-order chi connectivity index (χ0) is 22.8. The molecule has 4 amide bonds. The minimum absolute atomic E-state index is 0.144. The van der Waals surface area contributed by atoms with Gasteiger partial charge in [0.15, 0.2) is 0 Å². The summed E-state index contributed by atoms with van der Waals surface area (Å²) < 4.78 is 13.6. The Kier molecular flexibility index (Phi) is 5.69. The summed E-state index contributed by atoms with van der Waals surface area (Å²) in [4.78, 5) is 39.1. The zero-order valence-corrected chi connectivity index (χ0v) is 17.7. The van der Waals surface area contributed by atoms with Gasteiger partial charge in [-0.05, 0) is 78.4 Å². The lowest BCUT2D eigenvalue weighted by atomic mass is 9.97. The number of anilines is 1. The van der Waals surface area contributed by atoms with Gasteiger partial charge in [-0.1, -0.05) is 42.5 Å². The molecule has 1 fully saturated rings. The van der Waals surface area contributed by atoms with Gasteiger partial charge < -0.3 is 0 Å². The predicted molar refractivity (Wildman–Crippen MR) is 121 cm³/mol. The van der Waals surface area contributed by atoms with Crippen LogP contribution in [0.4, 0.5) is 14.9 Å². The fraction of sp³-hybridized carbons (Fsp3) is 0.115. The maximum atomic E-state index is 13.6. The number of hydrogen-bond acceptors (Lipinski definition) is 3. The first kappa shape index (κ1) is 21.2. The van der Waals surface area contributed by atoms with E-state index in [0.717, 1.165) is 27.2 Å². The number of imide groups is 2. The number of halogens is 1. The second-order valence-corrected chi connectivity index (χ2v) is 7.73. The Balaban J connectivity index is 1.72. The van der Waals surface area contributed by atoms with Crippen LogP contribution in [0, 0.1) is 19.7 Å². The van der Waals surface area contributed by atoms with Crippen LogP contribution < -0.4 is 10.2 Å². The molecule has 1 aliphatic rings. The van der Waals surface area contributed by atoms with Crippen molar-refractivity contribution in [3.63, 3.8) is 0 Å². The average Bonchev–Trinajstić information content (AvgIpc) is 2.74. The Morgan fingerprint density at radius 1 is 0.906 bits per heavy atom. The third-order valence-corrected chi connectivity index (χ3v) is 5.49. The summed E-state index contributed by atoms with van der Waals surface area (Å²) in [6.45, 7) is 3.82. The summed E-state index contributed by atoms with van der Waals surface area (Å²) in [6.07, 6.45) is 1.90. The van der Waals surface area contributed by atoms with Gasteiger partial charge in [0.25, 0.3) is 11.8 Å². The molecule has 3 aromatic rings. The number of barbiturate groups is 1. The molecule has 1 saturated heterocycles. The maximum Gasteiger partial charge on any atom is 0.335 e. The highest BCUT2D eigenvalue weighted by Crippen LogP contribution is 2.25. The van der Waals surface area contributed by atoms with Crippen molar-refractivity contribution in [2.24, 2.45) is 0 Å². The molecule has 0 aliphatic carbocycles. The first-order chi connectivity index (χ1) is 15.3. The van der Waals surface area contributed by atoms with Crippen molar-refractivity contribution < 1.29 is 18.8 Å². The minimum atomic E-state index is -0.784. The number of aryl methyl sites for hydroxylation is 2. The van der Waals surface area contributed by atoms with E-state index in [2.05, 4.69) is 5.32 Å². The number of rotatable bonds is 4. The summed E-state index contributed by atoms with van der Waals surface area (Å²) in [5.74, 6) is -1.77. The molecule has 5 nitrogen and oxygen atoms in total. The molecule has 1 aliphatic heterocycles. The zero-order valence-electron chi connectivity index (χ0n) is 17.7. The summed E-state index contributed by atoms with van der Waals surface area (Å²) in [5, 5.41) is 2.25. The Labute approximate surface area is 185 Å². The second-order valence-electron chi connectivity index (χ2n) is 7.73. The number of urea groups is 1. The lowest BCUT2D eigenvalue weighted by Crippen LogP contribution is -2.54. The van der Waals surface area contributed by atoms with Crippen molar-refractivity contribution in [1.82, 2.24) is 5.32 Å². The van der Waals surface area contributed by atoms with Crippen LogP contribution in [-0.2, 0) is 16.0 Å². The number of carbonyl (C=O) groups excluding carboxylic acids is 3. The number of nitrogens with one attached hydrogen (secondary N) is 1. The number of benzene rings is 3. The molecule has 0 radical (unpaired) electrons. The van der Waals surface area contributed by atoms with E-state index >= 15 is 0 Å². The van der Waals surface area contributed by atoms with Gasteiger partial charge in [0, 0.05) is 0 Å². The number of hydrogen-bond donors (Lipinski definition) is 1. The molecule has 0 saturated carbocycles. The van der Waals surface area contributed by atoms with E-state index in [1.54, 1.807) is 30.3 Å². The van der Waals surface area contributed by atoms with Crippen LogP contribution in [0.5, 0.6) is 0 Å². The third-order valence-electron chi connectivity index (χ3n) is 5.49. The Morgan fingerprint density at radius 2 is 1.69 bits per heavy atom. The summed E-state index contributed by atoms with van der Waals surface area (Å²) in [6, 6.07) is 18.0. The number of amides is 4. The normalized spacial score (nSPS) is 15.3. The van der Waals surface area contributed by atoms with Crippen LogP contribution >= 0.6 is 0 Å². The molecule has 4 rings (SSSR count). The monoisotopic (exact) mass is 428 g/mol. The smallest absolute Gasteiger partial charge is 0.273 e. The summed E-state index contributed by atoms with van der Waals surface area (Å²) in [7, 11) is 0. The highest BCUT2D eigenvalue weighted by molar-refractivity contribution is 6.39. The molecule has 0 spiro atoms. The largest absolute Gasteiger partial charge is 0.335 e. The molecule has 0 aromatic heterocycles. The fourth-order valence-corrected chi connectivity index (χ4v) is 3.61. The molecule has 1 heterocycles. The number of nitrogens with zero attached hydrogens (tertiary/aromatic N) is 1. The van der Waals surface area contributed by atoms with Crippen LogP contribution in [0.25, 0.3) is 6.08 Å². The van der Waals surface area contributed by atoms with Crippen LogP contribution in [0.15, 0.2) is 72.3 Å². The van der Waals surface area contributed by atoms with Crippen molar-refractivity contribution in [3.05, 3.63) is 106 Å². The quantitative estimate of drug-likeness (QED) is 0.484. The first-order valence-electron chi connectivity index (χ1n) is 10.1. The Bertz CT molecular complexity index is 1280. The van der Waals surface area contributed by atoms with Crippen molar-refractivity contribution in [3.8, 4) is 0 Å². The van der Waals surface area contributed by atoms with E-state index < -0.39 is 17.8 Å². The topological polar surface area (TPSA) is 66.5 Å². The van der Waals surface area contributed by atoms with E-state index in [9.17, 15) is 18.8 Å². The molecule has 0 unspecified atom stereocenters. The predicted octanol–water partition coefficient (Wildman–Crippen LogP) is 4.70. The number of carbonyl (C=O) groups is 3. The van der Waals surface area contributed by atoms with E-state index in [1.165, 1.54) is 18.2 Å². The van der Waals surface area contributed by atoms with Gasteiger partial charge in [0.05, 0.1) is 5.69 Å². The SMILES string of the molecule is Cc1ccc(N2C(=O)NC(=O)/C(=C\c3ccccc3Cc3cccc(F)c3)C2=O)cc1C. The molecular formula is C26H21FN2O3. The lowest BCUT2D eigenvalue weighted by molar-refractivity contribution is -0.122. The summed E-state index contributed by atoms with van der Waals surface area (Å²) >= 11 is 0. The molecule has 0 atom stereocenters. The second kappa shape index (κ2) is 8.59. The van der Waals surface area contributed by atoms with Gasteiger partial charge in [-0.3, -0.25) is 14.9 Å². The molecular weight excluding hydrogens is 407 g/mol. The molecule has 0 bridgehead atoms. The van der Waals surface area contributed by atoms with E-state index in [1.807, 2.05) is 38.1 Å². The lowest BCUT2D eigenvalue weighted by Gasteiger charge is -2.27. The van der Waals surface area contributed by atoms with E-state index in [0.29, 0.717) is 17.7 Å². The Morgan fingerprint density at radius 3 is 2.44 bits per heavy atom. The highest BCUT2D eigenvalue weighted by atomic mass is 19.1. The van der Waals surface area contributed by atoms with Gasteiger partial charge >= 0.3 is 6.03 Å². The molecule has 160 valence electrons. The maximum absolute atomic E-state index is 13.6. The van der Waals surface area contributed by atoms with Crippen LogP contribution in [-0.4, -0.2) is 17.8 Å². The van der Waals surface area contributed by atoms with Gasteiger partial charge in [-0.2, -0.15) is 0 Å². The van der Waals surface area contributed by atoms with Gasteiger partial charge in [-0.15, -0.1) is 0 Å². The van der Waals surface area contributed by atoms with Crippen LogP contribution in [0.3, 0.4) is 0 Å². The van der Waals surface area contributed by atoms with Crippen molar-refractivity contribution >= 4 is 29.6 Å². The van der Waals surface area contributed by atoms with Crippen molar-refractivity contribution in [2.45, 2.75) is 20.3 Å². The highest BCUT2D eigenvalue weighted by Gasteiger charge is 2.37. The Hall–Kier alpha value is -4.06. The van der Waals surface area contributed by atoms with Crippen molar-refractivity contribution in [1.29, 1.82) is 0 Å². The van der Waals surface area contributed by atoms with Gasteiger partial charge in [0.1, 0.15) is 11.4 Å². The van der Waals surface area contributed by atoms with E-state index in [4.69, 9.17) is 0 Å². The standard InChI is InChI=1S/C26H21FN2O3/c1-16-10-11-22(12-17(16)2)29-25(31)23(24(30)28-26(29)32)15-20-8-4-3-7-19(20)13-18-6-5-9-21(27)14-18/h3-12,14-15H,13H2,1-2H3,(H,28,30,32)/b23-15+. The third kappa shape index (κ3) is 4.21. The molecule has 32 heavy (non-hydrogen) atoms. The molecule has 6 heteroatoms. The van der Waals surface area contributed by atoms with Crippen molar-refractivity contribution in [2.75, 3.05) is 4.90 Å². The average molecular weight is 428 g/mol.